The van der Waals surface area contributed by atoms with Gasteiger partial charge in [0.15, 0.2) is 0 Å². The molecule has 0 radical (unpaired) electrons. The first-order valence-corrected chi connectivity index (χ1v) is 18.5. The Morgan fingerprint density at radius 2 is 1.29 bits per heavy atom. The molecule has 0 saturated carbocycles. The second kappa shape index (κ2) is 11.6. The van der Waals surface area contributed by atoms with Crippen molar-refractivity contribution in [2.24, 2.45) is 0 Å². The zero-order chi connectivity index (χ0) is 28.1. The van der Waals surface area contributed by atoms with Gasteiger partial charge < -0.3 is 0 Å². The van der Waals surface area contributed by atoms with Gasteiger partial charge in [0, 0.05) is 6.04 Å². The fraction of sp³-hybridized carbons (Fsp3) is 0.241. The molecule has 0 aliphatic carbocycles. The van der Waals surface area contributed by atoms with Gasteiger partial charge >= 0.3 is 0 Å². The van der Waals surface area contributed by atoms with E-state index in [1.165, 1.54) is 10.4 Å². The van der Waals surface area contributed by atoms with Crippen LogP contribution in [0.15, 0.2) is 95.2 Å². The summed E-state index contributed by atoms with van der Waals surface area (Å²) < 4.78 is 57.2. The standard InChI is InChI=1S/C29H34N2O4S2Si/c1-7-20-31(37(34,35)28-18-14-25(3)15-19-28)29-11-9-8-10-26(29)23-30(21-22-38(4,5)6)36(32,33)27-16-12-24(2)13-17-27/h7-19H,1,20,23H2,2-6H3. The lowest BCUT2D eigenvalue weighted by molar-refractivity contribution is 0.509. The zero-order valence-corrected chi connectivity index (χ0v) is 25.1. The number of aryl methyl sites for hydroxylation is 2. The van der Waals surface area contributed by atoms with E-state index in [4.69, 9.17) is 0 Å². The minimum Gasteiger partial charge on any atom is -0.262 e. The Morgan fingerprint density at radius 3 is 1.79 bits per heavy atom. The molecule has 0 aromatic heterocycles. The molecular weight excluding hydrogens is 533 g/mol. The van der Waals surface area contributed by atoms with Crippen LogP contribution in [-0.4, -0.2) is 35.8 Å². The lowest BCUT2D eigenvalue weighted by atomic mass is 10.1. The van der Waals surface area contributed by atoms with Crippen molar-refractivity contribution in [2.45, 2.75) is 49.8 Å². The van der Waals surface area contributed by atoms with Crippen molar-refractivity contribution in [3.63, 3.8) is 0 Å². The van der Waals surface area contributed by atoms with Crippen molar-refractivity contribution in [3.05, 3.63) is 102 Å². The summed E-state index contributed by atoms with van der Waals surface area (Å²) in [6, 6.07) is 23.0. The summed E-state index contributed by atoms with van der Waals surface area (Å²) in [5, 5.41) is 0. The van der Waals surface area contributed by atoms with E-state index in [9.17, 15) is 16.8 Å². The van der Waals surface area contributed by atoms with Crippen molar-refractivity contribution in [1.29, 1.82) is 0 Å². The first-order chi connectivity index (χ1) is 17.8. The quantitative estimate of drug-likeness (QED) is 0.144. The summed E-state index contributed by atoms with van der Waals surface area (Å²) in [7, 11) is -9.89. The van der Waals surface area contributed by atoms with E-state index < -0.39 is 28.1 Å². The highest BCUT2D eigenvalue weighted by molar-refractivity contribution is 7.92. The molecule has 6 nitrogen and oxygen atoms in total. The molecular formula is C29H34N2O4S2Si. The maximum atomic E-state index is 13.7. The van der Waals surface area contributed by atoms with Crippen LogP contribution in [0.3, 0.4) is 0 Å². The summed E-state index contributed by atoms with van der Waals surface area (Å²) in [5.74, 6) is 0. The highest BCUT2D eigenvalue weighted by atomic mass is 32.2. The van der Waals surface area contributed by atoms with Gasteiger partial charge in [0.2, 0.25) is 0 Å². The van der Waals surface area contributed by atoms with Crippen LogP contribution < -0.4 is 4.31 Å². The lowest BCUT2D eigenvalue weighted by Gasteiger charge is -2.27. The molecule has 0 N–H and O–H groups in total. The van der Waals surface area contributed by atoms with Crippen molar-refractivity contribution in [3.8, 4) is 11.6 Å². The average Bonchev–Trinajstić information content (AvgIpc) is 2.85. The van der Waals surface area contributed by atoms with Crippen molar-refractivity contribution in [1.82, 2.24) is 4.31 Å². The summed E-state index contributed by atoms with van der Waals surface area (Å²) in [6.45, 7) is 13.5. The molecule has 0 heterocycles. The SMILES string of the molecule is C=CCN(c1ccccc1CN(C#C[Si](C)(C)C)S(=O)(=O)c1ccc(C)cc1)S(=O)(=O)c1ccc(C)cc1. The number of benzene rings is 3. The number of anilines is 1. The molecule has 3 aromatic rings. The van der Waals surface area contributed by atoms with E-state index in [1.54, 1.807) is 72.8 Å². The third-order valence-electron chi connectivity index (χ3n) is 5.64. The van der Waals surface area contributed by atoms with Gasteiger partial charge in [0.05, 0.1) is 28.6 Å². The molecule has 200 valence electrons. The fourth-order valence-corrected chi connectivity index (χ4v) is 6.81. The molecule has 0 saturated heterocycles. The van der Waals surface area contributed by atoms with Gasteiger partial charge in [-0.1, -0.05) is 79.3 Å². The second-order valence-corrected chi connectivity index (χ2v) is 18.6. The highest BCUT2D eigenvalue weighted by Crippen LogP contribution is 2.30. The normalized spacial score (nSPS) is 11.8. The Labute approximate surface area is 228 Å². The van der Waals surface area contributed by atoms with Gasteiger partial charge in [-0.15, -0.1) is 12.1 Å². The topological polar surface area (TPSA) is 74.8 Å². The van der Waals surface area contributed by atoms with E-state index in [-0.39, 0.29) is 22.9 Å². The van der Waals surface area contributed by atoms with Gasteiger partial charge in [0.1, 0.15) is 8.07 Å². The Hall–Kier alpha value is -3.32. The average molecular weight is 567 g/mol. The molecule has 0 amide bonds. The van der Waals surface area contributed by atoms with Crippen molar-refractivity contribution < 1.29 is 16.8 Å². The minimum absolute atomic E-state index is 0.0124. The van der Waals surface area contributed by atoms with Gasteiger partial charge in [-0.05, 0) is 49.7 Å². The maximum absolute atomic E-state index is 13.7. The summed E-state index contributed by atoms with van der Waals surface area (Å²) in [6.07, 6.45) is 1.51. The molecule has 9 heteroatoms. The lowest BCUT2D eigenvalue weighted by Crippen LogP contribution is -2.33. The molecule has 0 spiro atoms. The number of sulfonamides is 2. The number of para-hydroxylation sites is 1. The van der Waals surface area contributed by atoms with Crippen LogP contribution in [0.1, 0.15) is 16.7 Å². The third-order valence-corrected chi connectivity index (χ3v) is 9.97. The largest absolute Gasteiger partial charge is 0.271 e. The summed E-state index contributed by atoms with van der Waals surface area (Å²) in [4.78, 5) is 0.267. The van der Waals surface area contributed by atoms with Crippen LogP contribution in [0.5, 0.6) is 0 Å². The fourth-order valence-electron chi connectivity index (χ4n) is 3.58. The van der Waals surface area contributed by atoms with Gasteiger partial charge in [-0.25, -0.2) is 21.1 Å². The molecule has 3 aromatic carbocycles. The van der Waals surface area contributed by atoms with E-state index >= 15 is 0 Å². The predicted octanol–water partition coefficient (Wildman–Crippen LogP) is 5.71. The Kier molecular flexibility index (Phi) is 8.92. The second-order valence-electron chi connectivity index (χ2n) is 10.1. The molecule has 0 aliphatic rings. The number of rotatable bonds is 9. The van der Waals surface area contributed by atoms with Crippen molar-refractivity contribution in [2.75, 3.05) is 10.8 Å². The Balaban J connectivity index is 2.14. The molecule has 0 aliphatic heterocycles. The molecule has 3 rings (SSSR count). The zero-order valence-electron chi connectivity index (χ0n) is 22.5. The Bertz CT molecular complexity index is 1560. The highest BCUT2D eigenvalue weighted by Gasteiger charge is 2.29. The maximum Gasteiger partial charge on any atom is 0.271 e. The number of hydrogen-bond donors (Lipinski definition) is 0. The molecule has 0 atom stereocenters. The smallest absolute Gasteiger partial charge is 0.262 e. The summed E-state index contributed by atoms with van der Waals surface area (Å²) >= 11 is 0. The monoisotopic (exact) mass is 566 g/mol. The molecule has 0 unspecified atom stereocenters. The van der Waals surface area contributed by atoms with Crippen LogP contribution in [0.25, 0.3) is 0 Å². The van der Waals surface area contributed by atoms with Crippen LogP contribution in [-0.2, 0) is 26.6 Å². The number of nitrogens with zero attached hydrogens (tertiary/aromatic N) is 2. The van der Waals surface area contributed by atoms with Gasteiger partial charge in [-0.3, -0.25) is 4.31 Å². The minimum atomic E-state index is -3.99. The molecule has 0 fully saturated rings. The first-order valence-electron chi connectivity index (χ1n) is 12.2. The third kappa shape index (κ3) is 6.95. The van der Waals surface area contributed by atoms with Crippen LogP contribution in [0, 0.1) is 25.4 Å². The van der Waals surface area contributed by atoms with Crippen molar-refractivity contribution >= 4 is 33.8 Å². The van der Waals surface area contributed by atoms with Crippen LogP contribution >= 0.6 is 0 Å². The summed E-state index contributed by atoms with van der Waals surface area (Å²) in [5.41, 5.74) is 5.91. The van der Waals surface area contributed by atoms with Crippen LogP contribution in [0.2, 0.25) is 19.6 Å². The van der Waals surface area contributed by atoms with E-state index in [0.717, 1.165) is 15.4 Å². The van der Waals surface area contributed by atoms with Gasteiger partial charge in [-0.2, -0.15) is 0 Å². The first kappa shape index (κ1) is 29.2. The Morgan fingerprint density at radius 1 is 0.789 bits per heavy atom. The van der Waals surface area contributed by atoms with E-state index in [0.29, 0.717) is 11.3 Å². The van der Waals surface area contributed by atoms with E-state index in [2.05, 4.69) is 18.2 Å². The molecule has 38 heavy (non-hydrogen) atoms. The predicted molar refractivity (Wildman–Crippen MR) is 157 cm³/mol. The van der Waals surface area contributed by atoms with Crippen LogP contribution in [0.4, 0.5) is 5.69 Å². The number of hydrogen-bond acceptors (Lipinski definition) is 4. The molecule has 0 bridgehead atoms. The van der Waals surface area contributed by atoms with E-state index in [1.807, 2.05) is 33.5 Å². The van der Waals surface area contributed by atoms with Gasteiger partial charge in [0.25, 0.3) is 20.0 Å².